The average molecular weight is 251 g/mol. The first-order chi connectivity index (χ1) is 8.72. The van der Waals surface area contributed by atoms with Gasteiger partial charge < -0.3 is 14.8 Å². The van der Waals surface area contributed by atoms with Crippen molar-refractivity contribution in [3.05, 3.63) is 29.8 Å². The summed E-state index contributed by atoms with van der Waals surface area (Å²) in [6, 6.07) is 8.06. The second-order valence-corrected chi connectivity index (χ2v) is 4.11. The highest BCUT2D eigenvalue weighted by Crippen LogP contribution is 2.08. The highest BCUT2D eigenvalue weighted by atomic mass is 16.5. The second kappa shape index (κ2) is 8.53. The molecule has 0 bridgehead atoms. The Kier molecular flexibility index (Phi) is 6.87. The lowest BCUT2D eigenvalue weighted by Gasteiger charge is -2.07. The normalized spacial score (nSPS) is 10.1. The number of benzene rings is 1. The molecule has 0 aliphatic carbocycles. The minimum absolute atomic E-state index is 0.175. The molecular formula is C14H21NO3. The molecule has 0 saturated heterocycles. The number of carbonyl (C=O) groups is 1. The van der Waals surface area contributed by atoms with Crippen LogP contribution in [0, 0.1) is 6.92 Å². The van der Waals surface area contributed by atoms with Crippen LogP contribution in [-0.4, -0.2) is 32.8 Å². The molecular weight excluding hydrogens is 230 g/mol. The first-order valence-corrected chi connectivity index (χ1v) is 6.17. The summed E-state index contributed by atoms with van der Waals surface area (Å²) in [7, 11) is 1.63. The van der Waals surface area contributed by atoms with E-state index in [0.29, 0.717) is 26.2 Å². The molecule has 4 nitrogen and oxygen atoms in total. The lowest BCUT2D eigenvalue weighted by Crippen LogP contribution is -2.12. The maximum absolute atomic E-state index is 11.3. The summed E-state index contributed by atoms with van der Waals surface area (Å²) in [6.07, 6.45) is 1.12. The first-order valence-electron chi connectivity index (χ1n) is 6.17. The molecule has 0 unspecified atom stereocenters. The molecule has 100 valence electrons. The maximum Gasteiger partial charge on any atom is 0.307 e. The molecule has 0 saturated carbocycles. The van der Waals surface area contributed by atoms with Gasteiger partial charge in [-0.3, -0.25) is 4.79 Å². The van der Waals surface area contributed by atoms with Crippen molar-refractivity contribution >= 4 is 11.7 Å². The number of carbonyl (C=O) groups excluding carboxylic acids is 1. The lowest BCUT2D eigenvalue weighted by molar-refractivity contribution is -0.143. The van der Waals surface area contributed by atoms with Crippen LogP contribution in [0.5, 0.6) is 0 Å². The van der Waals surface area contributed by atoms with Crippen molar-refractivity contribution in [3.8, 4) is 0 Å². The first kappa shape index (κ1) is 14.5. The van der Waals surface area contributed by atoms with Crippen molar-refractivity contribution in [2.45, 2.75) is 19.8 Å². The Balaban J connectivity index is 2.10. The monoisotopic (exact) mass is 251 g/mol. The van der Waals surface area contributed by atoms with Crippen LogP contribution in [0.2, 0.25) is 0 Å². The van der Waals surface area contributed by atoms with Crippen LogP contribution < -0.4 is 5.32 Å². The van der Waals surface area contributed by atoms with Crippen LogP contribution in [0.25, 0.3) is 0 Å². The van der Waals surface area contributed by atoms with Gasteiger partial charge in [-0.1, -0.05) is 17.7 Å². The third-order valence-corrected chi connectivity index (χ3v) is 2.47. The molecule has 18 heavy (non-hydrogen) atoms. The number of esters is 1. The molecule has 1 rings (SSSR count). The fraction of sp³-hybridized carbons (Fsp3) is 0.500. The second-order valence-electron chi connectivity index (χ2n) is 4.11. The molecule has 0 aromatic heterocycles. The van der Waals surface area contributed by atoms with Crippen LogP contribution in [0.15, 0.2) is 24.3 Å². The van der Waals surface area contributed by atoms with Crippen LogP contribution in [0.1, 0.15) is 18.4 Å². The number of hydrogen-bond donors (Lipinski definition) is 1. The SMILES string of the molecule is COCCCOC(=O)CCNc1ccc(C)cc1. The van der Waals surface area contributed by atoms with E-state index in [1.807, 2.05) is 31.2 Å². The predicted octanol–water partition coefficient (Wildman–Crippen LogP) is 2.38. The largest absolute Gasteiger partial charge is 0.466 e. The molecule has 0 atom stereocenters. The van der Waals surface area contributed by atoms with Gasteiger partial charge >= 0.3 is 5.97 Å². The standard InChI is InChI=1S/C14H21NO3/c1-12-4-6-13(7-5-12)15-9-8-14(16)18-11-3-10-17-2/h4-7,15H,3,8-11H2,1-2H3. The van der Waals surface area contributed by atoms with Crippen molar-refractivity contribution < 1.29 is 14.3 Å². The number of aryl methyl sites for hydroxylation is 1. The Hall–Kier alpha value is -1.55. The van der Waals surface area contributed by atoms with E-state index < -0.39 is 0 Å². The van der Waals surface area contributed by atoms with Gasteiger partial charge in [0.1, 0.15) is 0 Å². The summed E-state index contributed by atoms with van der Waals surface area (Å²) in [4.78, 5) is 11.3. The zero-order valence-electron chi connectivity index (χ0n) is 11.1. The number of nitrogens with one attached hydrogen (secondary N) is 1. The van der Waals surface area contributed by atoms with Crippen LogP contribution >= 0.6 is 0 Å². The van der Waals surface area contributed by atoms with Crippen molar-refractivity contribution in [1.29, 1.82) is 0 Å². The molecule has 1 aromatic carbocycles. The molecule has 1 aromatic rings. The van der Waals surface area contributed by atoms with E-state index in [-0.39, 0.29) is 5.97 Å². The average Bonchev–Trinajstić information content (AvgIpc) is 2.37. The van der Waals surface area contributed by atoms with Crippen molar-refractivity contribution in [1.82, 2.24) is 0 Å². The van der Waals surface area contributed by atoms with E-state index in [9.17, 15) is 4.79 Å². The molecule has 0 spiro atoms. The zero-order chi connectivity index (χ0) is 13.2. The number of anilines is 1. The van der Waals surface area contributed by atoms with E-state index in [4.69, 9.17) is 9.47 Å². The molecule has 0 aliphatic rings. The van der Waals surface area contributed by atoms with Gasteiger partial charge in [0.2, 0.25) is 0 Å². The van der Waals surface area contributed by atoms with Gasteiger partial charge in [-0.2, -0.15) is 0 Å². The number of rotatable bonds is 8. The van der Waals surface area contributed by atoms with Crippen molar-refractivity contribution in [2.75, 3.05) is 32.2 Å². The molecule has 0 fully saturated rings. The number of ether oxygens (including phenoxy) is 2. The fourth-order valence-electron chi connectivity index (χ4n) is 1.44. The molecule has 0 aliphatic heterocycles. The number of hydrogen-bond acceptors (Lipinski definition) is 4. The van der Waals surface area contributed by atoms with E-state index in [1.54, 1.807) is 7.11 Å². The maximum atomic E-state index is 11.3. The van der Waals surface area contributed by atoms with Crippen LogP contribution in [-0.2, 0) is 14.3 Å². The Morgan fingerprint density at radius 2 is 1.94 bits per heavy atom. The van der Waals surface area contributed by atoms with Crippen molar-refractivity contribution in [2.24, 2.45) is 0 Å². The van der Waals surface area contributed by atoms with E-state index >= 15 is 0 Å². The van der Waals surface area contributed by atoms with Gasteiger partial charge in [0, 0.05) is 32.4 Å². The van der Waals surface area contributed by atoms with E-state index in [1.165, 1.54) is 5.56 Å². The van der Waals surface area contributed by atoms with Gasteiger partial charge in [0.15, 0.2) is 0 Å². The smallest absolute Gasteiger partial charge is 0.307 e. The van der Waals surface area contributed by atoms with Gasteiger partial charge in [0.25, 0.3) is 0 Å². The fourth-order valence-corrected chi connectivity index (χ4v) is 1.44. The summed E-state index contributed by atoms with van der Waals surface area (Å²) in [5, 5.41) is 3.18. The Labute approximate surface area is 108 Å². The minimum Gasteiger partial charge on any atom is -0.466 e. The van der Waals surface area contributed by atoms with E-state index in [0.717, 1.165) is 12.1 Å². The highest BCUT2D eigenvalue weighted by Gasteiger charge is 2.02. The molecule has 1 N–H and O–H groups in total. The predicted molar refractivity (Wildman–Crippen MR) is 71.7 cm³/mol. The van der Waals surface area contributed by atoms with Gasteiger partial charge in [-0.25, -0.2) is 0 Å². The summed E-state index contributed by atoms with van der Waals surface area (Å²) < 4.78 is 9.91. The zero-order valence-corrected chi connectivity index (χ0v) is 11.1. The summed E-state index contributed by atoms with van der Waals surface area (Å²) in [5.41, 5.74) is 2.24. The van der Waals surface area contributed by atoms with Gasteiger partial charge in [-0.15, -0.1) is 0 Å². The Morgan fingerprint density at radius 3 is 2.61 bits per heavy atom. The molecule has 0 radical (unpaired) electrons. The summed E-state index contributed by atoms with van der Waals surface area (Å²) >= 11 is 0. The molecule has 0 heterocycles. The van der Waals surface area contributed by atoms with Crippen molar-refractivity contribution in [3.63, 3.8) is 0 Å². The highest BCUT2D eigenvalue weighted by molar-refractivity contribution is 5.70. The third kappa shape index (κ3) is 6.25. The van der Waals surface area contributed by atoms with Crippen LogP contribution in [0.3, 0.4) is 0 Å². The minimum atomic E-state index is -0.175. The topological polar surface area (TPSA) is 47.6 Å². The Bertz CT molecular complexity index is 349. The molecule has 0 amide bonds. The quantitative estimate of drug-likeness (QED) is 0.569. The van der Waals surface area contributed by atoms with Gasteiger partial charge in [-0.05, 0) is 19.1 Å². The molecule has 4 heteroatoms. The Morgan fingerprint density at radius 1 is 1.22 bits per heavy atom. The van der Waals surface area contributed by atoms with Crippen LogP contribution in [0.4, 0.5) is 5.69 Å². The van der Waals surface area contributed by atoms with E-state index in [2.05, 4.69) is 5.32 Å². The summed E-state index contributed by atoms with van der Waals surface area (Å²) in [5.74, 6) is -0.175. The lowest BCUT2D eigenvalue weighted by atomic mass is 10.2. The third-order valence-electron chi connectivity index (χ3n) is 2.47. The van der Waals surface area contributed by atoms with Gasteiger partial charge in [0.05, 0.1) is 13.0 Å². The summed E-state index contributed by atoms with van der Waals surface area (Å²) in [6.45, 7) is 3.68. The number of methoxy groups -OCH3 is 1.